The summed E-state index contributed by atoms with van der Waals surface area (Å²) in [4.78, 5) is 17.3. The maximum atomic E-state index is 12.3. The van der Waals surface area contributed by atoms with Gasteiger partial charge < -0.3 is 14.8 Å². The van der Waals surface area contributed by atoms with Gasteiger partial charge in [-0.25, -0.2) is 4.99 Å². The molecule has 1 amide bonds. The van der Waals surface area contributed by atoms with Crippen LogP contribution < -0.4 is 14.8 Å². The first-order chi connectivity index (χ1) is 13.1. The number of hydrogen-bond acceptors (Lipinski definition) is 5. The monoisotopic (exact) mass is 444 g/mol. The van der Waals surface area contributed by atoms with Crippen molar-refractivity contribution in [1.82, 2.24) is 5.32 Å². The van der Waals surface area contributed by atoms with Crippen LogP contribution in [0.3, 0.4) is 0 Å². The predicted molar refractivity (Wildman–Crippen MR) is 114 cm³/mol. The van der Waals surface area contributed by atoms with Crippen molar-refractivity contribution in [3.63, 3.8) is 0 Å². The van der Waals surface area contributed by atoms with Gasteiger partial charge in [0.1, 0.15) is 18.1 Å². The highest BCUT2D eigenvalue weighted by Crippen LogP contribution is 2.32. The molecular weight excluding hydrogens is 428 g/mol. The van der Waals surface area contributed by atoms with Crippen molar-refractivity contribution in [1.29, 1.82) is 0 Å². The van der Waals surface area contributed by atoms with Crippen LogP contribution in [-0.2, 0) is 4.79 Å². The van der Waals surface area contributed by atoms with Crippen LogP contribution in [0.15, 0.2) is 69.5 Å². The van der Waals surface area contributed by atoms with Crippen LogP contribution in [0.2, 0.25) is 0 Å². The van der Waals surface area contributed by atoms with Gasteiger partial charge in [0.05, 0.1) is 17.7 Å². The minimum absolute atomic E-state index is 0.193. The Hall–Kier alpha value is -2.51. The minimum atomic E-state index is -0.193. The summed E-state index contributed by atoms with van der Waals surface area (Å²) in [6, 6.07) is 12.9. The smallest absolute Gasteiger partial charge is 0.264 e. The lowest BCUT2D eigenvalue weighted by Gasteiger charge is -2.08. The van der Waals surface area contributed by atoms with Crippen LogP contribution in [-0.4, -0.2) is 24.8 Å². The Balaban J connectivity index is 1.83. The van der Waals surface area contributed by atoms with Crippen LogP contribution in [0.5, 0.6) is 11.5 Å². The molecule has 138 valence electrons. The van der Waals surface area contributed by atoms with Crippen molar-refractivity contribution in [2.45, 2.75) is 0 Å². The van der Waals surface area contributed by atoms with E-state index in [4.69, 9.17) is 9.47 Å². The summed E-state index contributed by atoms with van der Waals surface area (Å²) in [7, 11) is 1.61. The number of thioether (sulfide) groups is 1. The van der Waals surface area contributed by atoms with E-state index in [1.807, 2.05) is 42.5 Å². The molecule has 0 radical (unpaired) electrons. The lowest BCUT2D eigenvalue weighted by molar-refractivity contribution is -0.115. The number of nitrogens with one attached hydrogen (secondary N) is 1. The molecule has 5 nitrogen and oxygen atoms in total. The maximum absolute atomic E-state index is 12.3. The fourth-order valence-corrected chi connectivity index (χ4v) is 3.52. The van der Waals surface area contributed by atoms with Gasteiger partial charge >= 0.3 is 0 Å². The molecule has 1 aliphatic rings. The highest BCUT2D eigenvalue weighted by molar-refractivity contribution is 9.10. The van der Waals surface area contributed by atoms with Crippen LogP contribution >= 0.6 is 27.7 Å². The molecule has 0 unspecified atom stereocenters. The van der Waals surface area contributed by atoms with Crippen LogP contribution in [0.1, 0.15) is 5.56 Å². The topological polar surface area (TPSA) is 59.9 Å². The second kappa shape index (κ2) is 8.92. The number of aliphatic imine (C=N–C) groups is 1. The normalized spacial score (nSPS) is 16.4. The molecule has 0 atom stereocenters. The lowest BCUT2D eigenvalue weighted by Crippen LogP contribution is -2.19. The Morgan fingerprint density at radius 3 is 2.74 bits per heavy atom. The number of rotatable bonds is 6. The number of carbonyl (C=O) groups is 1. The summed E-state index contributed by atoms with van der Waals surface area (Å²) >= 11 is 4.74. The Labute approximate surface area is 170 Å². The molecule has 0 aliphatic carbocycles. The molecular formula is C20H17BrN2O3S. The molecule has 1 N–H and O–H groups in total. The number of amides is 1. The maximum Gasteiger partial charge on any atom is 0.264 e. The third-order valence-corrected chi connectivity index (χ3v) is 4.97. The van der Waals surface area contributed by atoms with E-state index in [2.05, 4.69) is 32.8 Å². The van der Waals surface area contributed by atoms with E-state index >= 15 is 0 Å². The number of nitrogens with zero attached hydrogens (tertiary/aromatic N) is 1. The third-order valence-electron chi connectivity index (χ3n) is 3.57. The molecule has 0 aromatic heterocycles. The molecule has 0 spiro atoms. The average molecular weight is 445 g/mol. The first-order valence-corrected chi connectivity index (χ1v) is 9.67. The zero-order valence-corrected chi connectivity index (χ0v) is 17.0. The Bertz CT molecular complexity index is 923. The van der Waals surface area contributed by atoms with Gasteiger partial charge in [-0.3, -0.25) is 4.79 Å². The second-order valence-corrected chi connectivity index (χ2v) is 7.41. The summed E-state index contributed by atoms with van der Waals surface area (Å²) in [5.41, 5.74) is 1.53. The van der Waals surface area contributed by atoms with Crippen molar-refractivity contribution in [2.75, 3.05) is 13.7 Å². The van der Waals surface area contributed by atoms with Crippen molar-refractivity contribution >= 4 is 50.5 Å². The Morgan fingerprint density at radius 2 is 2.04 bits per heavy atom. The Morgan fingerprint density at radius 1 is 1.26 bits per heavy atom. The number of carbonyl (C=O) groups excluding carboxylic acids is 1. The standard InChI is InChI=1S/C20H17BrN2O3S/c1-3-10-26-17-9-4-14(21)11-13(17)12-18-19(24)23-20(27-18)22-15-5-7-16(25-2)8-6-15/h3-9,11-12H,1,10H2,2H3,(H,22,23,24)/b18-12-. The quantitative estimate of drug-likeness (QED) is 0.507. The molecule has 1 heterocycles. The molecule has 1 saturated heterocycles. The molecule has 1 aliphatic heterocycles. The first kappa shape index (κ1) is 19.3. The molecule has 0 bridgehead atoms. The number of methoxy groups -OCH3 is 1. The number of ether oxygens (including phenoxy) is 2. The summed E-state index contributed by atoms with van der Waals surface area (Å²) < 4.78 is 11.7. The van der Waals surface area contributed by atoms with Crippen LogP contribution in [0.4, 0.5) is 5.69 Å². The van der Waals surface area contributed by atoms with E-state index in [1.54, 1.807) is 19.3 Å². The van der Waals surface area contributed by atoms with Crippen molar-refractivity contribution in [3.8, 4) is 11.5 Å². The van der Waals surface area contributed by atoms with E-state index in [9.17, 15) is 4.79 Å². The van der Waals surface area contributed by atoms with E-state index in [0.29, 0.717) is 22.4 Å². The summed E-state index contributed by atoms with van der Waals surface area (Å²) in [5.74, 6) is 1.24. The minimum Gasteiger partial charge on any atom is -0.497 e. The largest absolute Gasteiger partial charge is 0.497 e. The molecule has 2 aromatic rings. The molecule has 3 rings (SSSR count). The fourth-order valence-electron chi connectivity index (χ4n) is 2.31. The highest BCUT2D eigenvalue weighted by atomic mass is 79.9. The number of halogens is 1. The van der Waals surface area contributed by atoms with Gasteiger partial charge in [0.2, 0.25) is 0 Å². The van der Waals surface area contributed by atoms with Crippen molar-refractivity contribution < 1.29 is 14.3 Å². The van der Waals surface area contributed by atoms with Gasteiger partial charge in [0.25, 0.3) is 5.91 Å². The van der Waals surface area contributed by atoms with E-state index < -0.39 is 0 Å². The molecule has 0 saturated carbocycles. The first-order valence-electron chi connectivity index (χ1n) is 8.06. The summed E-state index contributed by atoms with van der Waals surface area (Å²) in [6.45, 7) is 4.05. The predicted octanol–water partition coefficient (Wildman–Crippen LogP) is 4.91. The van der Waals surface area contributed by atoms with Crippen molar-refractivity contribution in [2.24, 2.45) is 4.99 Å². The van der Waals surface area contributed by atoms with Gasteiger partial charge in [-0.05, 0) is 60.3 Å². The molecule has 27 heavy (non-hydrogen) atoms. The lowest BCUT2D eigenvalue weighted by atomic mass is 10.2. The third kappa shape index (κ3) is 5.02. The van der Waals surface area contributed by atoms with E-state index in [0.717, 1.165) is 21.5 Å². The number of benzene rings is 2. The number of hydrogen-bond donors (Lipinski definition) is 1. The highest BCUT2D eigenvalue weighted by Gasteiger charge is 2.24. The summed E-state index contributed by atoms with van der Waals surface area (Å²) in [6.07, 6.45) is 3.47. The molecule has 2 aromatic carbocycles. The van der Waals surface area contributed by atoms with Gasteiger partial charge in [-0.2, -0.15) is 0 Å². The summed E-state index contributed by atoms with van der Waals surface area (Å²) in [5, 5.41) is 3.31. The average Bonchev–Trinajstić information content (AvgIpc) is 3.00. The van der Waals surface area contributed by atoms with Gasteiger partial charge in [0.15, 0.2) is 5.17 Å². The fraction of sp³-hybridized carbons (Fsp3) is 0.100. The van der Waals surface area contributed by atoms with Gasteiger partial charge in [0, 0.05) is 10.0 Å². The van der Waals surface area contributed by atoms with Gasteiger partial charge in [-0.15, -0.1) is 0 Å². The van der Waals surface area contributed by atoms with Crippen LogP contribution in [0, 0.1) is 0 Å². The second-order valence-electron chi connectivity index (χ2n) is 5.46. The van der Waals surface area contributed by atoms with Gasteiger partial charge in [-0.1, -0.05) is 28.6 Å². The zero-order chi connectivity index (χ0) is 19.2. The zero-order valence-electron chi connectivity index (χ0n) is 14.6. The van der Waals surface area contributed by atoms with Crippen LogP contribution in [0.25, 0.3) is 6.08 Å². The van der Waals surface area contributed by atoms with E-state index in [1.165, 1.54) is 11.8 Å². The molecule has 7 heteroatoms. The molecule has 1 fully saturated rings. The number of amidine groups is 1. The van der Waals surface area contributed by atoms with E-state index in [-0.39, 0.29) is 5.91 Å². The van der Waals surface area contributed by atoms with Crippen molar-refractivity contribution in [3.05, 3.63) is 70.1 Å². The SMILES string of the molecule is C=CCOc1ccc(Br)cc1/C=C1\SC(=Nc2ccc(OC)cc2)NC1=O. The Kier molecular flexibility index (Phi) is 6.36.